The van der Waals surface area contributed by atoms with Gasteiger partial charge in [-0.3, -0.25) is 0 Å². The van der Waals surface area contributed by atoms with E-state index in [1.807, 2.05) is 24.3 Å². The molecule has 2 aromatic carbocycles. The van der Waals surface area contributed by atoms with E-state index in [0.29, 0.717) is 5.75 Å². The van der Waals surface area contributed by atoms with Crippen LogP contribution in [0.5, 0.6) is 5.75 Å². The molecule has 0 aliphatic heterocycles. The fourth-order valence-corrected chi connectivity index (χ4v) is 2.44. The normalized spacial score (nSPS) is 17.0. The minimum Gasteiger partial charge on any atom is -0.507 e. The summed E-state index contributed by atoms with van der Waals surface area (Å²) in [4.78, 5) is 0. The largest absolute Gasteiger partial charge is 0.507 e. The molecule has 1 unspecified atom stereocenters. The monoisotopic (exact) mass is 211 g/mol. The predicted molar refractivity (Wildman–Crippen MR) is 64.3 cm³/mol. The molecule has 3 rings (SSSR count). The predicted octanol–water partition coefficient (Wildman–Crippen LogP) is 2.73. The number of rotatable bonds is 0. The average molecular weight is 211 g/mol. The molecule has 0 radical (unpaired) electrons. The first-order valence-electron chi connectivity index (χ1n) is 5.37. The Morgan fingerprint density at radius 2 is 1.94 bits per heavy atom. The van der Waals surface area contributed by atoms with Crippen LogP contribution in [0.1, 0.15) is 22.7 Å². The Labute approximate surface area is 94.3 Å². The van der Waals surface area contributed by atoms with Crippen LogP contribution < -0.4 is 5.73 Å². The summed E-state index contributed by atoms with van der Waals surface area (Å²) >= 11 is 0. The molecule has 0 saturated carbocycles. The van der Waals surface area contributed by atoms with Crippen molar-refractivity contribution in [1.29, 1.82) is 0 Å². The Balaban J connectivity index is 2.36. The lowest BCUT2D eigenvalue weighted by Crippen LogP contribution is -2.07. The van der Waals surface area contributed by atoms with Gasteiger partial charge in [-0.25, -0.2) is 0 Å². The number of aryl methyl sites for hydroxylation is 1. The molecule has 2 aromatic rings. The highest BCUT2D eigenvalue weighted by Crippen LogP contribution is 2.46. The maximum absolute atomic E-state index is 9.91. The summed E-state index contributed by atoms with van der Waals surface area (Å²) < 4.78 is 0. The lowest BCUT2D eigenvalue weighted by Gasteiger charge is -2.06. The van der Waals surface area contributed by atoms with Gasteiger partial charge in [0.25, 0.3) is 0 Å². The van der Waals surface area contributed by atoms with Crippen molar-refractivity contribution in [1.82, 2.24) is 0 Å². The van der Waals surface area contributed by atoms with Gasteiger partial charge in [-0.05, 0) is 29.7 Å². The topological polar surface area (TPSA) is 46.2 Å². The van der Waals surface area contributed by atoms with E-state index in [4.69, 9.17) is 5.73 Å². The summed E-state index contributed by atoms with van der Waals surface area (Å²) in [5.74, 6) is 0.315. The van der Waals surface area contributed by atoms with E-state index < -0.39 is 0 Å². The van der Waals surface area contributed by atoms with Gasteiger partial charge >= 0.3 is 0 Å². The van der Waals surface area contributed by atoms with E-state index >= 15 is 0 Å². The molecule has 3 N–H and O–H groups in total. The lowest BCUT2D eigenvalue weighted by molar-refractivity contribution is 0.477. The molecule has 0 heterocycles. The summed E-state index contributed by atoms with van der Waals surface area (Å²) in [5, 5.41) is 9.91. The van der Waals surface area contributed by atoms with Gasteiger partial charge in [0.05, 0.1) is 6.04 Å². The summed E-state index contributed by atoms with van der Waals surface area (Å²) in [6.07, 6.45) is 0. The zero-order chi connectivity index (χ0) is 11.3. The molecule has 1 aliphatic rings. The van der Waals surface area contributed by atoms with Crippen molar-refractivity contribution in [2.75, 3.05) is 0 Å². The fraction of sp³-hybridized carbons (Fsp3) is 0.143. The number of phenolic OH excluding ortho intramolecular Hbond substituents is 1. The first-order valence-corrected chi connectivity index (χ1v) is 5.37. The second-order valence-electron chi connectivity index (χ2n) is 4.31. The molecule has 1 aliphatic carbocycles. The quantitative estimate of drug-likeness (QED) is 0.703. The summed E-state index contributed by atoms with van der Waals surface area (Å²) in [6.45, 7) is 2.05. The van der Waals surface area contributed by atoms with Crippen molar-refractivity contribution >= 4 is 0 Å². The van der Waals surface area contributed by atoms with Gasteiger partial charge in [0.15, 0.2) is 0 Å². The molecule has 0 spiro atoms. The van der Waals surface area contributed by atoms with Crippen molar-refractivity contribution in [2.24, 2.45) is 5.73 Å². The van der Waals surface area contributed by atoms with Gasteiger partial charge < -0.3 is 10.8 Å². The summed E-state index contributed by atoms with van der Waals surface area (Å²) in [7, 11) is 0. The maximum Gasteiger partial charge on any atom is 0.123 e. The third-order valence-corrected chi connectivity index (χ3v) is 3.22. The number of benzene rings is 2. The lowest BCUT2D eigenvalue weighted by atomic mass is 10.0. The number of phenols is 1. The van der Waals surface area contributed by atoms with Crippen molar-refractivity contribution in [3.63, 3.8) is 0 Å². The van der Waals surface area contributed by atoms with Crippen molar-refractivity contribution < 1.29 is 5.11 Å². The van der Waals surface area contributed by atoms with Crippen LogP contribution in [0.2, 0.25) is 0 Å². The van der Waals surface area contributed by atoms with Crippen molar-refractivity contribution in [3.05, 3.63) is 53.1 Å². The van der Waals surface area contributed by atoms with E-state index in [1.165, 1.54) is 5.56 Å². The number of nitrogens with two attached hydrogens (primary N) is 1. The Hall–Kier alpha value is -1.80. The summed E-state index contributed by atoms with van der Waals surface area (Å²) in [6, 6.07) is 11.6. The highest BCUT2D eigenvalue weighted by atomic mass is 16.3. The fourth-order valence-electron chi connectivity index (χ4n) is 2.44. The highest BCUT2D eigenvalue weighted by Gasteiger charge is 2.27. The van der Waals surface area contributed by atoms with E-state index in [2.05, 4.69) is 13.0 Å². The van der Waals surface area contributed by atoms with Crippen LogP contribution in [0.3, 0.4) is 0 Å². The molecule has 0 bridgehead atoms. The Morgan fingerprint density at radius 1 is 1.12 bits per heavy atom. The zero-order valence-electron chi connectivity index (χ0n) is 9.07. The van der Waals surface area contributed by atoms with Crippen LogP contribution in [-0.2, 0) is 0 Å². The molecule has 0 amide bonds. The van der Waals surface area contributed by atoms with E-state index in [-0.39, 0.29) is 6.04 Å². The minimum absolute atomic E-state index is 0.114. The molecule has 2 nitrogen and oxygen atoms in total. The van der Waals surface area contributed by atoms with Crippen LogP contribution in [0.4, 0.5) is 0 Å². The number of hydrogen-bond donors (Lipinski definition) is 2. The standard InChI is InChI=1S/C14H13NO/c1-8-5-6-9-11(7-8)14(15)10-3-2-4-12(16)13(9)10/h2-7,14,16H,15H2,1H3. The molecule has 2 heteroatoms. The first-order chi connectivity index (χ1) is 7.68. The molecule has 16 heavy (non-hydrogen) atoms. The first kappa shape index (κ1) is 9.43. The number of hydrogen-bond acceptors (Lipinski definition) is 2. The zero-order valence-corrected chi connectivity index (χ0v) is 9.07. The Kier molecular flexibility index (Phi) is 1.82. The number of fused-ring (bicyclic) bond motifs is 3. The van der Waals surface area contributed by atoms with Crippen LogP contribution in [-0.4, -0.2) is 5.11 Å². The van der Waals surface area contributed by atoms with E-state index in [0.717, 1.165) is 22.3 Å². The van der Waals surface area contributed by atoms with E-state index in [1.54, 1.807) is 6.07 Å². The molecular formula is C14H13NO. The Bertz CT molecular complexity index is 575. The molecule has 0 aromatic heterocycles. The third kappa shape index (κ3) is 1.11. The van der Waals surface area contributed by atoms with Crippen molar-refractivity contribution in [3.8, 4) is 16.9 Å². The SMILES string of the molecule is Cc1ccc2c(c1)C(N)c1cccc(O)c1-2. The molecule has 80 valence electrons. The van der Waals surface area contributed by atoms with Gasteiger partial charge in [0.2, 0.25) is 0 Å². The van der Waals surface area contributed by atoms with Gasteiger partial charge in [0, 0.05) is 5.56 Å². The number of aromatic hydroxyl groups is 1. The van der Waals surface area contributed by atoms with Gasteiger partial charge in [-0.1, -0.05) is 35.9 Å². The van der Waals surface area contributed by atoms with Gasteiger partial charge in [0.1, 0.15) is 5.75 Å². The third-order valence-electron chi connectivity index (χ3n) is 3.22. The smallest absolute Gasteiger partial charge is 0.123 e. The molecular weight excluding hydrogens is 198 g/mol. The van der Waals surface area contributed by atoms with Crippen LogP contribution >= 0.6 is 0 Å². The second kappa shape index (κ2) is 3.09. The average Bonchev–Trinajstić information content (AvgIpc) is 2.55. The van der Waals surface area contributed by atoms with Crippen molar-refractivity contribution in [2.45, 2.75) is 13.0 Å². The minimum atomic E-state index is -0.114. The maximum atomic E-state index is 9.91. The summed E-state index contributed by atoms with van der Waals surface area (Å²) in [5.41, 5.74) is 11.5. The van der Waals surface area contributed by atoms with E-state index in [9.17, 15) is 5.11 Å². The van der Waals surface area contributed by atoms with Crippen LogP contribution in [0.25, 0.3) is 11.1 Å². The van der Waals surface area contributed by atoms with Crippen LogP contribution in [0, 0.1) is 6.92 Å². The van der Waals surface area contributed by atoms with Gasteiger partial charge in [-0.2, -0.15) is 0 Å². The van der Waals surface area contributed by atoms with Gasteiger partial charge in [-0.15, -0.1) is 0 Å². The molecule has 0 saturated heterocycles. The molecule has 0 fully saturated rings. The molecule has 1 atom stereocenters. The second-order valence-corrected chi connectivity index (χ2v) is 4.31. The van der Waals surface area contributed by atoms with Crippen LogP contribution in [0.15, 0.2) is 36.4 Å². The highest BCUT2D eigenvalue weighted by molar-refractivity contribution is 5.83. The Morgan fingerprint density at radius 3 is 2.75 bits per heavy atom.